The molecule has 8 heteroatoms. The van der Waals surface area contributed by atoms with Gasteiger partial charge in [-0.25, -0.2) is 8.42 Å². The Morgan fingerprint density at radius 3 is 2.52 bits per heavy atom. The molecule has 1 N–H and O–H groups in total. The summed E-state index contributed by atoms with van der Waals surface area (Å²) < 4.78 is 32.0. The highest BCUT2D eigenvalue weighted by atomic mass is 35.5. The second-order valence-corrected chi connectivity index (χ2v) is 8.98. The molecule has 27 heavy (non-hydrogen) atoms. The molecule has 1 fully saturated rings. The van der Waals surface area contributed by atoms with Gasteiger partial charge in [-0.1, -0.05) is 11.6 Å². The quantitative estimate of drug-likeness (QED) is 0.711. The van der Waals surface area contributed by atoms with Gasteiger partial charge in [-0.15, -0.1) is 0 Å². The molecule has 2 heterocycles. The molecule has 0 bridgehead atoms. The number of hydrogen-bond donors (Lipinski definition) is 1. The number of halogens is 1. The maximum atomic E-state index is 12.7. The predicted molar refractivity (Wildman–Crippen MR) is 103 cm³/mol. The molecule has 1 saturated heterocycles. The van der Waals surface area contributed by atoms with E-state index >= 15 is 0 Å². The summed E-state index contributed by atoms with van der Waals surface area (Å²) >= 11 is 5.82. The monoisotopic (exact) mass is 410 g/mol. The van der Waals surface area contributed by atoms with Crippen LogP contribution in [0.15, 0.2) is 52.0 Å². The van der Waals surface area contributed by atoms with Crippen molar-refractivity contribution in [2.24, 2.45) is 5.92 Å². The van der Waals surface area contributed by atoms with Crippen molar-refractivity contribution in [1.82, 2.24) is 9.62 Å². The number of benzene rings is 1. The lowest BCUT2D eigenvalue weighted by atomic mass is 9.97. The Hall–Kier alpha value is -1.83. The second-order valence-electron chi connectivity index (χ2n) is 6.61. The summed E-state index contributed by atoms with van der Waals surface area (Å²) in [5, 5.41) is 3.44. The number of nitrogens with one attached hydrogen (secondary N) is 1. The Bertz CT molecular complexity index is 842. The van der Waals surface area contributed by atoms with E-state index in [1.54, 1.807) is 18.4 Å². The minimum Gasteiger partial charge on any atom is -0.469 e. The van der Waals surface area contributed by atoms with E-state index in [-0.39, 0.29) is 16.7 Å². The Kier molecular flexibility index (Phi) is 6.57. The van der Waals surface area contributed by atoms with Crippen molar-refractivity contribution in [1.29, 1.82) is 0 Å². The molecule has 1 aromatic heterocycles. The zero-order valence-corrected chi connectivity index (χ0v) is 16.5. The molecule has 146 valence electrons. The highest BCUT2D eigenvalue weighted by Gasteiger charge is 2.31. The average Bonchev–Trinajstić information content (AvgIpc) is 3.19. The first-order valence-corrected chi connectivity index (χ1v) is 10.8. The highest BCUT2D eigenvalue weighted by Crippen LogP contribution is 2.24. The predicted octanol–water partition coefficient (Wildman–Crippen LogP) is 3.08. The maximum absolute atomic E-state index is 12.7. The summed E-state index contributed by atoms with van der Waals surface area (Å²) in [7, 11) is -3.54. The molecule has 1 amide bonds. The number of rotatable bonds is 7. The summed E-state index contributed by atoms with van der Waals surface area (Å²) in [6, 6.07) is 9.91. The molecule has 0 saturated carbocycles. The van der Waals surface area contributed by atoms with Gasteiger partial charge in [0.05, 0.1) is 11.2 Å². The van der Waals surface area contributed by atoms with E-state index in [4.69, 9.17) is 16.0 Å². The van der Waals surface area contributed by atoms with E-state index in [0.29, 0.717) is 37.5 Å². The number of furan rings is 1. The molecule has 1 aromatic carbocycles. The minimum absolute atomic E-state index is 0.00187. The molecule has 0 atom stereocenters. The lowest BCUT2D eigenvalue weighted by Gasteiger charge is -2.30. The summed E-state index contributed by atoms with van der Waals surface area (Å²) in [6.07, 6.45) is 4.28. The topological polar surface area (TPSA) is 79.6 Å². The first kappa shape index (κ1) is 19.9. The van der Waals surface area contributed by atoms with Crippen molar-refractivity contribution in [3.63, 3.8) is 0 Å². The molecule has 1 aliphatic rings. The first-order valence-electron chi connectivity index (χ1n) is 9.02. The Balaban J connectivity index is 1.45. The number of hydrogen-bond acceptors (Lipinski definition) is 4. The van der Waals surface area contributed by atoms with Gasteiger partial charge in [0.1, 0.15) is 5.76 Å². The van der Waals surface area contributed by atoms with E-state index in [2.05, 4.69) is 5.32 Å². The van der Waals surface area contributed by atoms with Crippen LogP contribution in [0.3, 0.4) is 0 Å². The van der Waals surface area contributed by atoms with Crippen LogP contribution in [-0.4, -0.2) is 38.3 Å². The van der Waals surface area contributed by atoms with Crippen LogP contribution in [0.25, 0.3) is 0 Å². The zero-order chi connectivity index (χ0) is 19.3. The number of piperidine rings is 1. The van der Waals surface area contributed by atoms with Crippen LogP contribution in [0.1, 0.15) is 25.0 Å². The Labute approximate surface area is 164 Å². The van der Waals surface area contributed by atoms with Crippen LogP contribution >= 0.6 is 11.6 Å². The molecule has 3 rings (SSSR count). The van der Waals surface area contributed by atoms with Crippen molar-refractivity contribution >= 4 is 27.5 Å². The lowest BCUT2D eigenvalue weighted by molar-refractivity contribution is -0.126. The molecule has 0 spiro atoms. The summed E-state index contributed by atoms with van der Waals surface area (Å²) in [4.78, 5) is 12.5. The van der Waals surface area contributed by atoms with Crippen LogP contribution in [-0.2, 0) is 21.2 Å². The molecule has 1 aliphatic heterocycles. The first-order chi connectivity index (χ1) is 13.0. The molecule has 2 aromatic rings. The molecule has 6 nitrogen and oxygen atoms in total. The van der Waals surface area contributed by atoms with Crippen LogP contribution in [0.5, 0.6) is 0 Å². The fourth-order valence-electron chi connectivity index (χ4n) is 3.19. The van der Waals surface area contributed by atoms with Gasteiger partial charge in [-0.2, -0.15) is 4.31 Å². The number of nitrogens with zero attached hydrogens (tertiary/aromatic N) is 1. The van der Waals surface area contributed by atoms with E-state index < -0.39 is 10.0 Å². The van der Waals surface area contributed by atoms with E-state index in [0.717, 1.165) is 18.6 Å². The summed E-state index contributed by atoms with van der Waals surface area (Å²) in [6.45, 7) is 1.27. The summed E-state index contributed by atoms with van der Waals surface area (Å²) in [5.41, 5.74) is 0. The maximum Gasteiger partial charge on any atom is 0.243 e. The van der Waals surface area contributed by atoms with Crippen molar-refractivity contribution in [2.45, 2.75) is 30.6 Å². The van der Waals surface area contributed by atoms with Gasteiger partial charge in [0.2, 0.25) is 15.9 Å². The zero-order valence-electron chi connectivity index (χ0n) is 14.9. The third-order valence-electron chi connectivity index (χ3n) is 4.76. The van der Waals surface area contributed by atoms with Crippen molar-refractivity contribution < 1.29 is 17.6 Å². The number of sulfonamides is 1. The fraction of sp³-hybridized carbons (Fsp3) is 0.421. The third kappa shape index (κ3) is 5.12. The molecule has 0 radical (unpaired) electrons. The lowest BCUT2D eigenvalue weighted by Crippen LogP contribution is -2.43. The standard InChI is InChI=1S/C19H23ClN2O4S/c20-16-5-7-18(8-6-16)27(24,25)22-12-9-15(10-13-22)19(23)21-11-1-3-17-4-2-14-26-17/h2,4-8,14-15H,1,3,9-13H2,(H,21,23). The largest absolute Gasteiger partial charge is 0.469 e. The van der Waals surface area contributed by atoms with Gasteiger partial charge in [0.25, 0.3) is 0 Å². The SMILES string of the molecule is O=C(NCCCc1ccco1)C1CCN(S(=O)(=O)c2ccc(Cl)cc2)CC1. The number of amides is 1. The number of carbonyl (C=O) groups excluding carboxylic acids is 1. The van der Waals surface area contributed by atoms with E-state index in [1.165, 1.54) is 16.4 Å². The van der Waals surface area contributed by atoms with Crippen LogP contribution in [0.4, 0.5) is 0 Å². The van der Waals surface area contributed by atoms with Crippen LogP contribution in [0, 0.1) is 5.92 Å². The average molecular weight is 411 g/mol. The molecular formula is C19H23ClN2O4S. The van der Waals surface area contributed by atoms with Crippen molar-refractivity contribution in [3.8, 4) is 0 Å². The van der Waals surface area contributed by atoms with Crippen LogP contribution in [0.2, 0.25) is 5.02 Å². The minimum atomic E-state index is -3.54. The van der Waals surface area contributed by atoms with Crippen LogP contribution < -0.4 is 5.32 Å². The van der Waals surface area contributed by atoms with Gasteiger partial charge in [-0.05, 0) is 55.7 Å². The van der Waals surface area contributed by atoms with Crippen molar-refractivity contribution in [3.05, 3.63) is 53.4 Å². The normalized spacial score (nSPS) is 16.3. The number of aryl methyl sites for hydroxylation is 1. The second kappa shape index (κ2) is 8.91. The molecular weight excluding hydrogens is 388 g/mol. The smallest absolute Gasteiger partial charge is 0.243 e. The Morgan fingerprint density at radius 2 is 1.89 bits per heavy atom. The van der Waals surface area contributed by atoms with Gasteiger partial charge >= 0.3 is 0 Å². The molecule has 0 unspecified atom stereocenters. The van der Waals surface area contributed by atoms with E-state index in [1.807, 2.05) is 12.1 Å². The van der Waals surface area contributed by atoms with Gasteiger partial charge < -0.3 is 9.73 Å². The third-order valence-corrected chi connectivity index (χ3v) is 6.92. The van der Waals surface area contributed by atoms with Gasteiger partial charge in [0.15, 0.2) is 0 Å². The van der Waals surface area contributed by atoms with E-state index in [9.17, 15) is 13.2 Å². The van der Waals surface area contributed by atoms with Gasteiger partial charge in [0, 0.05) is 37.0 Å². The van der Waals surface area contributed by atoms with Gasteiger partial charge in [-0.3, -0.25) is 4.79 Å². The van der Waals surface area contributed by atoms with Crippen molar-refractivity contribution in [2.75, 3.05) is 19.6 Å². The molecule has 0 aliphatic carbocycles. The summed E-state index contributed by atoms with van der Waals surface area (Å²) in [5.74, 6) is 0.758. The fourth-order valence-corrected chi connectivity index (χ4v) is 4.78. The highest BCUT2D eigenvalue weighted by molar-refractivity contribution is 7.89. The number of carbonyl (C=O) groups is 1. The Morgan fingerprint density at radius 1 is 1.19 bits per heavy atom.